The Morgan fingerprint density at radius 1 is 1.21 bits per heavy atom. The number of hydrogen-bond acceptors (Lipinski definition) is 6. The minimum atomic E-state index is -5.00. The van der Waals surface area contributed by atoms with E-state index in [1.54, 1.807) is 5.32 Å². The first-order valence-electron chi connectivity index (χ1n) is 9.80. The molecule has 13 heteroatoms. The van der Waals surface area contributed by atoms with E-state index in [0.29, 0.717) is 18.9 Å². The van der Waals surface area contributed by atoms with Crippen LogP contribution in [-0.2, 0) is 0 Å². The number of benzene rings is 1. The third-order valence-corrected chi connectivity index (χ3v) is 5.22. The fourth-order valence-corrected chi connectivity index (χ4v) is 3.49. The van der Waals surface area contributed by atoms with Crippen molar-refractivity contribution >= 4 is 28.6 Å². The number of alkyl halides is 3. The maximum Gasteiger partial charge on any atom is 0.416 e. The van der Waals surface area contributed by atoms with Crippen molar-refractivity contribution < 1.29 is 36.3 Å². The Labute approximate surface area is 183 Å². The van der Waals surface area contributed by atoms with Crippen molar-refractivity contribution in [2.75, 3.05) is 10.6 Å². The zero-order valence-electron chi connectivity index (χ0n) is 17.0. The molecule has 1 aliphatic carbocycles. The first-order valence-corrected chi connectivity index (χ1v) is 9.80. The molecule has 0 bridgehead atoms. The summed E-state index contributed by atoms with van der Waals surface area (Å²) >= 11 is 0. The van der Waals surface area contributed by atoms with Gasteiger partial charge in [-0.05, 0) is 25.8 Å². The van der Waals surface area contributed by atoms with Crippen LogP contribution in [0, 0.1) is 18.6 Å². The second-order valence-corrected chi connectivity index (χ2v) is 7.69. The number of hydrogen-bond donors (Lipinski definition) is 4. The SMILES string of the molecule is Cc1c([C@@H](NC(=O)Nc2cnc(N[C@H]3C[C@@H](O)C3)nc2)C(F)(F)F)oc2c(F)cc(F)cc12. The molecule has 0 unspecified atom stereocenters. The first-order chi connectivity index (χ1) is 15.5. The van der Waals surface area contributed by atoms with E-state index in [2.05, 4.69) is 20.6 Å². The zero-order valence-corrected chi connectivity index (χ0v) is 17.0. The van der Waals surface area contributed by atoms with Crippen LogP contribution in [0.4, 0.5) is 38.4 Å². The van der Waals surface area contributed by atoms with Crippen LogP contribution < -0.4 is 16.0 Å². The van der Waals surface area contributed by atoms with Crippen molar-refractivity contribution in [3.63, 3.8) is 0 Å². The van der Waals surface area contributed by atoms with Crippen LogP contribution in [0.5, 0.6) is 0 Å². The van der Waals surface area contributed by atoms with Gasteiger partial charge in [-0.1, -0.05) is 0 Å². The number of rotatable bonds is 5. The highest BCUT2D eigenvalue weighted by molar-refractivity contribution is 5.89. The van der Waals surface area contributed by atoms with E-state index >= 15 is 0 Å². The molecule has 0 saturated heterocycles. The summed E-state index contributed by atoms with van der Waals surface area (Å²) in [6.07, 6.45) is -1.90. The van der Waals surface area contributed by atoms with Gasteiger partial charge in [-0.25, -0.2) is 23.5 Å². The molecule has 3 aromatic rings. The highest BCUT2D eigenvalue weighted by Gasteiger charge is 2.45. The smallest absolute Gasteiger partial charge is 0.416 e. The van der Waals surface area contributed by atoms with Gasteiger partial charge in [-0.3, -0.25) is 0 Å². The monoisotopic (exact) mass is 471 g/mol. The Morgan fingerprint density at radius 3 is 2.48 bits per heavy atom. The lowest BCUT2D eigenvalue weighted by molar-refractivity contribution is -0.158. The summed E-state index contributed by atoms with van der Waals surface area (Å²) in [7, 11) is 0. The van der Waals surface area contributed by atoms with E-state index < -0.39 is 41.2 Å². The van der Waals surface area contributed by atoms with E-state index in [1.165, 1.54) is 19.3 Å². The molecule has 1 aliphatic rings. The predicted octanol–water partition coefficient (Wildman–Crippen LogP) is 4.17. The molecule has 0 spiro atoms. The Balaban J connectivity index is 1.49. The number of carbonyl (C=O) groups is 1. The Morgan fingerprint density at radius 2 is 1.88 bits per heavy atom. The summed E-state index contributed by atoms with van der Waals surface area (Å²) in [5.74, 6) is -2.67. The lowest BCUT2D eigenvalue weighted by Gasteiger charge is -2.31. The predicted molar refractivity (Wildman–Crippen MR) is 107 cm³/mol. The quantitative estimate of drug-likeness (QED) is 0.416. The second kappa shape index (κ2) is 8.46. The minimum Gasteiger partial charge on any atom is -0.455 e. The number of fused-ring (bicyclic) bond motifs is 1. The summed E-state index contributed by atoms with van der Waals surface area (Å²) < 4.78 is 73.6. The van der Waals surface area contributed by atoms with Crippen molar-refractivity contribution in [3.05, 3.63) is 47.5 Å². The molecule has 33 heavy (non-hydrogen) atoms. The highest BCUT2D eigenvalue weighted by atomic mass is 19.4. The first kappa shape index (κ1) is 22.7. The average Bonchev–Trinajstić information content (AvgIpc) is 3.02. The zero-order chi connectivity index (χ0) is 23.9. The maximum absolute atomic E-state index is 14.0. The number of urea groups is 1. The van der Waals surface area contributed by atoms with Crippen molar-refractivity contribution in [1.29, 1.82) is 0 Å². The molecular formula is C20H18F5N5O3. The summed E-state index contributed by atoms with van der Waals surface area (Å²) in [6.45, 7) is 1.21. The van der Waals surface area contributed by atoms with Crippen LogP contribution in [0.3, 0.4) is 0 Å². The highest BCUT2D eigenvalue weighted by Crippen LogP contribution is 2.39. The van der Waals surface area contributed by atoms with Crippen LogP contribution in [0.2, 0.25) is 0 Å². The number of furan rings is 1. The number of aryl methyl sites for hydroxylation is 1. The fraction of sp³-hybridized carbons (Fsp3) is 0.350. The lowest BCUT2D eigenvalue weighted by atomic mass is 9.90. The topological polar surface area (TPSA) is 112 Å². The molecule has 2 heterocycles. The normalized spacial score (nSPS) is 19.1. The van der Waals surface area contributed by atoms with Crippen molar-refractivity contribution in [2.24, 2.45) is 0 Å². The van der Waals surface area contributed by atoms with Gasteiger partial charge >= 0.3 is 12.2 Å². The van der Waals surface area contributed by atoms with Crippen LogP contribution in [0.25, 0.3) is 11.0 Å². The van der Waals surface area contributed by atoms with Crippen LogP contribution >= 0.6 is 0 Å². The number of halogens is 5. The van der Waals surface area contributed by atoms with Gasteiger partial charge in [-0.2, -0.15) is 13.2 Å². The molecule has 4 N–H and O–H groups in total. The standard InChI is InChI=1S/C20H18F5N5O3/c1-8-13-2-9(21)3-14(22)16(13)33-15(8)17(20(23,24)25)30-19(32)29-11-6-26-18(27-7-11)28-10-4-12(31)5-10/h2-3,6-7,10,12,17,31H,4-5H2,1H3,(H,26,27,28)(H2,29,30,32)/t10-,12+,17-/m1/s1. The molecule has 1 aromatic carbocycles. The number of amides is 2. The van der Waals surface area contributed by atoms with Gasteiger partial charge in [0.2, 0.25) is 5.95 Å². The van der Waals surface area contributed by atoms with Gasteiger partial charge in [-0.15, -0.1) is 0 Å². The Hall–Kier alpha value is -3.48. The van der Waals surface area contributed by atoms with E-state index in [1.807, 2.05) is 0 Å². The van der Waals surface area contributed by atoms with E-state index in [0.717, 1.165) is 6.07 Å². The third kappa shape index (κ3) is 4.82. The Bertz CT molecular complexity index is 1180. The molecule has 8 nitrogen and oxygen atoms in total. The molecule has 2 aromatic heterocycles. The molecule has 1 atom stereocenters. The van der Waals surface area contributed by atoms with Gasteiger partial charge in [0.05, 0.1) is 24.2 Å². The maximum atomic E-state index is 14.0. The van der Waals surface area contributed by atoms with Gasteiger partial charge in [0.25, 0.3) is 0 Å². The number of nitrogens with one attached hydrogen (secondary N) is 3. The van der Waals surface area contributed by atoms with E-state index in [9.17, 15) is 31.9 Å². The molecule has 4 rings (SSSR count). The van der Waals surface area contributed by atoms with Crippen molar-refractivity contribution in [3.8, 4) is 0 Å². The number of anilines is 2. The van der Waals surface area contributed by atoms with Crippen LogP contribution in [0.15, 0.2) is 28.9 Å². The summed E-state index contributed by atoms with van der Waals surface area (Å²) in [5.41, 5.74) is -0.691. The molecule has 0 radical (unpaired) electrons. The summed E-state index contributed by atoms with van der Waals surface area (Å²) in [4.78, 5) is 20.2. The van der Waals surface area contributed by atoms with Gasteiger partial charge < -0.3 is 25.5 Å². The molecule has 2 amide bonds. The van der Waals surface area contributed by atoms with E-state index in [-0.39, 0.29) is 34.7 Å². The van der Waals surface area contributed by atoms with Gasteiger partial charge in [0.15, 0.2) is 17.4 Å². The second-order valence-electron chi connectivity index (χ2n) is 7.69. The van der Waals surface area contributed by atoms with Crippen molar-refractivity contribution in [1.82, 2.24) is 15.3 Å². The van der Waals surface area contributed by atoms with Crippen LogP contribution in [-0.4, -0.2) is 39.4 Å². The summed E-state index contributed by atoms with van der Waals surface area (Å²) in [5, 5.41) is 16.0. The lowest BCUT2D eigenvalue weighted by Crippen LogP contribution is -2.40. The van der Waals surface area contributed by atoms with Gasteiger partial charge in [0, 0.05) is 23.1 Å². The third-order valence-electron chi connectivity index (χ3n) is 5.22. The number of aliphatic hydroxyl groups excluding tert-OH is 1. The van der Waals surface area contributed by atoms with Crippen molar-refractivity contribution in [2.45, 2.75) is 44.1 Å². The van der Waals surface area contributed by atoms with Crippen LogP contribution in [0.1, 0.15) is 30.2 Å². The average molecular weight is 471 g/mol. The molecule has 176 valence electrons. The fourth-order valence-electron chi connectivity index (χ4n) is 3.49. The minimum absolute atomic E-state index is 0.0139. The van der Waals surface area contributed by atoms with Gasteiger partial charge in [0.1, 0.15) is 11.6 Å². The number of aliphatic hydroxyl groups is 1. The molecule has 1 fully saturated rings. The molecular weight excluding hydrogens is 453 g/mol. The number of carbonyl (C=O) groups excluding carboxylic acids is 1. The molecule has 0 aliphatic heterocycles. The molecule has 1 saturated carbocycles. The largest absolute Gasteiger partial charge is 0.455 e. The number of nitrogens with zero attached hydrogens (tertiary/aromatic N) is 2. The number of aromatic nitrogens is 2. The Kier molecular flexibility index (Phi) is 5.82. The van der Waals surface area contributed by atoms with E-state index in [4.69, 9.17) is 4.42 Å². The summed E-state index contributed by atoms with van der Waals surface area (Å²) in [6, 6.07) is -2.51.